The molecule has 0 aliphatic carbocycles. The summed E-state index contributed by atoms with van der Waals surface area (Å²) in [4.78, 5) is 0. The average Bonchev–Trinajstić information content (AvgIpc) is 2.63. The van der Waals surface area contributed by atoms with E-state index in [0.29, 0.717) is 6.04 Å². The number of thioether (sulfide) groups is 1. The normalized spacial score (nSPS) is 22.1. The maximum atomic E-state index is 5.30. The van der Waals surface area contributed by atoms with Gasteiger partial charge in [0.2, 0.25) is 0 Å². The fourth-order valence-electron chi connectivity index (χ4n) is 1.49. The van der Waals surface area contributed by atoms with Crippen molar-refractivity contribution in [3.63, 3.8) is 0 Å². The van der Waals surface area contributed by atoms with Gasteiger partial charge in [0.15, 0.2) is 0 Å². The Labute approximate surface area is 92.2 Å². The number of ether oxygens (including phenoxy) is 1. The monoisotopic (exact) mass is 217 g/mol. The molecule has 1 heterocycles. The van der Waals surface area contributed by atoms with Crippen LogP contribution in [0.4, 0.5) is 0 Å². The van der Waals surface area contributed by atoms with Crippen molar-refractivity contribution in [2.75, 3.05) is 31.3 Å². The molecule has 0 aromatic carbocycles. The van der Waals surface area contributed by atoms with Crippen molar-refractivity contribution in [2.45, 2.75) is 32.7 Å². The molecule has 0 spiro atoms. The molecular weight excluding hydrogens is 194 g/mol. The van der Waals surface area contributed by atoms with Gasteiger partial charge in [-0.3, -0.25) is 0 Å². The van der Waals surface area contributed by atoms with Gasteiger partial charge in [-0.25, -0.2) is 0 Å². The molecular formula is C11H23NOS. The highest BCUT2D eigenvalue weighted by Gasteiger charge is 2.13. The van der Waals surface area contributed by atoms with Crippen molar-refractivity contribution in [1.29, 1.82) is 0 Å². The van der Waals surface area contributed by atoms with Crippen molar-refractivity contribution < 1.29 is 4.74 Å². The van der Waals surface area contributed by atoms with E-state index in [-0.39, 0.29) is 0 Å². The molecule has 1 N–H and O–H groups in total. The molecule has 0 amide bonds. The third kappa shape index (κ3) is 5.89. The van der Waals surface area contributed by atoms with E-state index in [1.165, 1.54) is 24.3 Å². The zero-order valence-electron chi connectivity index (χ0n) is 9.42. The van der Waals surface area contributed by atoms with Crippen LogP contribution < -0.4 is 5.32 Å². The minimum atomic E-state index is 0.630. The highest BCUT2D eigenvalue weighted by Crippen LogP contribution is 2.08. The Hall–Kier alpha value is 0.270. The van der Waals surface area contributed by atoms with Gasteiger partial charge in [0.1, 0.15) is 0 Å². The van der Waals surface area contributed by atoms with E-state index < -0.39 is 0 Å². The Kier molecular flexibility index (Phi) is 6.65. The minimum Gasteiger partial charge on any atom is -0.380 e. The van der Waals surface area contributed by atoms with Gasteiger partial charge in [0, 0.05) is 12.6 Å². The summed E-state index contributed by atoms with van der Waals surface area (Å²) in [5.41, 5.74) is 0. The van der Waals surface area contributed by atoms with Crippen molar-refractivity contribution in [1.82, 2.24) is 5.32 Å². The van der Waals surface area contributed by atoms with Gasteiger partial charge in [-0.05, 0) is 36.8 Å². The lowest BCUT2D eigenvalue weighted by Gasteiger charge is -2.10. The molecule has 1 rings (SSSR count). The lowest BCUT2D eigenvalue weighted by Crippen LogP contribution is -2.30. The molecule has 1 fully saturated rings. The Morgan fingerprint density at radius 2 is 2.36 bits per heavy atom. The summed E-state index contributed by atoms with van der Waals surface area (Å²) in [6.45, 7) is 7.57. The predicted octanol–water partition coefficient (Wildman–Crippen LogP) is 2.14. The molecule has 0 aromatic heterocycles. The zero-order valence-corrected chi connectivity index (χ0v) is 10.2. The fourth-order valence-corrected chi connectivity index (χ4v) is 2.48. The summed E-state index contributed by atoms with van der Waals surface area (Å²) < 4.78 is 5.30. The second kappa shape index (κ2) is 7.55. The van der Waals surface area contributed by atoms with Gasteiger partial charge in [0.25, 0.3) is 0 Å². The topological polar surface area (TPSA) is 21.3 Å². The van der Waals surface area contributed by atoms with Crippen molar-refractivity contribution in [3.05, 3.63) is 0 Å². The molecule has 1 atom stereocenters. The lowest BCUT2D eigenvalue weighted by molar-refractivity contribution is 0.190. The Morgan fingerprint density at radius 1 is 1.50 bits per heavy atom. The van der Waals surface area contributed by atoms with E-state index in [1.807, 2.05) is 0 Å². The molecule has 0 radical (unpaired) electrons. The standard InChI is InChI=1S/C11H23NOS/c1-10(2)9-14-7-3-5-12-11-4-6-13-8-11/h10-12H,3-9H2,1-2H3. The lowest BCUT2D eigenvalue weighted by atomic mass is 10.2. The van der Waals surface area contributed by atoms with E-state index >= 15 is 0 Å². The number of hydrogen-bond acceptors (Lipinski definition) is 3. The Morgan fingerprint density at radius 3 is 3.00 bits per heavy atom. The molecule has 2 nitrogen and oxygen atoms in total. The van der Waals surface area contributed by atoms with E-state index in [4.69, 9.17) is 4.74 Å². The zero-order chi connectivity index (χ0) is 10.2. The summed E-state index contributed by atoms with van der Waals surface area (Å²) in [6.07, 6.45) is 2.48. The van der Waals surface area contributed by atoms with E-state index in [1.54, 1.807) is 0 Å². The van der Waals surface area contributed by atoms with Crippen molar-refractivity contribution >= 4 is 11.8 Å². The second-order valence-electron chi connectivity index (χ2n) is 4.34. The molecule has 1 aliphatic heterocycles. The van der Waals surface area contributed by atoms with E-state index in [0.717, 1.165) is 25.7 Å². The summed E-state index contributed by atoms with van der Waals surface area (Å²) >= 11 is 2.07. The summed E-state index contributed by atoms with van der Waals surface area (Å²) in [5, 5.41) is 3.53. The van der Waals surface area contributed by atoms with Crippen molar-refractivity contribution in [2.24, 2.45) is 5.92 Å². The van der Waals surface area contributed by atoms with Gasteiger partial charge >= 0.3 is 0 Å². The average molecular weight is 217 g/mol. The smallest absolute Gasteiger partial charge is 0.0620 e. The van der Waals surface area contributed by atoms with Crippen LogP contribution in [0.3, 0.4) is 0 Å². The van der Waals surface area contributed by atoms with Gasteiger partial charge < -0.3 is 10.1 Å². The molecule has 14 heavy (non-hydrogen) atoms. The molecule has 1 unspecified atom stereocenters. The quantitative estimate of drug-likeness (QED) is 0.660. The maximum absolute atomic E-state index is 5.30. The first-order valence-electron chi connectivity index (χ1n) is 5.68. The molecule has 1 saturated heterocycles. The number of hydrogen-bond donors (Lipinski definition) is 1. The predicted molar refractivity (Wildman–Crippen MR) is 64.0 cm³/mol. The summed E-state index contributed by atoms with van der Waals surface area (Å²) in [5.74, 6) is 3.42. The van der Waals surface area contributed by atoms with Gasteiger partial charge in [-0.15, -0.1) is 0 Å². The van der Waals surface area contributed by atoms with Crippen LogP contribution in [0.2, 0.25) is 0 Å². The molecule has 84 valence electrons. The van der Waals surface area contributed by atoms with Crippen LogP contribution in [0.1, 0.15) is 26.7 Å². The number of nitrogens with one attached hydrogen (secondary N) is 1. The SMILES string of the molecule is CC(C)CSCCCNC1CCOC1. The first-order chi connectivity index (χ1) is 6.79. The van der Waals surface area contributed by atoms with Crippen LogP contribution in [-0.4, -0.2) is 37.3 Å². The van der Waals surface area contributed by atoms with Crippen LogP contribution in [0.15, 0.2) is 0 Å². The minimum absolute atomic E-state index is 0.630. The van der Waals surface area contributed by atoms with E-state index in [9.17, 15) is 0 Å². The first-order valence-corrected chi connectivity index (χ1v) is 6.83. The second-order valence-corrected chi connectivity index (χ2v) is 5.49. The van der Waals surface area contributed by atoms with Crippen LogP contribution in [0, 0.1) is 5.92 Å². The first kappa shape index (κ1) is 12.3. The number of rotatable bonds is 7. The van der Waals surface area contributed by atoms with Crippen LogP contribution in [-0.2, 0) is 4.74 Å². The third-order valence-electron chi connectivity index (χ3n) is 2.28. The Bertz CT molecular complexity index is 135. The van der Waals surface area contributed by atoms with Gasteiger partial charge in [-0.2, -0.15) is 11.8 Å². The van der Waals surface area contributed by atoms with Crippen LogP contribution in [0.25, 0.3) is 0 Å². The maximum Gasteiger partial charge on any atom is 0.0620 e. The fraction of sp³-hybridized carbons (Fsp3) is 1.00. The Balaban J connectivity index is 1.79. The molecule has 1 aliphatic rings. The molecule has 0 aromatic rings. The summed E-state index contributed by atoms with van der Waals surface area (Å²) in [7, 11) is 0. The summed E-state index contributed by atoms with van der Waals surface area (Å²) in [6, 6.07) is 0.630. The molecule has 0 bridgehead atoms. The van der Waals surface area contributed by atoms with Crippen molar-refractivity contribution in [3.8, 4) is 0 Å². The van der Waals surface area contributed by atoms with Crippen LogP contribution in [0.5, 0.6) is 0 Å². The third-order valence-corrected chi connectivity index (χ3v) is 3.76. The largest absolute Gasteiger partial charge is 0.380 e. The van der Waals surface area contributed by atoms with Gasteiger partial charge in [0.05, 0.1) is 6.61 Å². The highest BCUT2D eigenvalue weighted by molar-refractivity contribution is 7.99. The molecule has 3 heteroatoms. The van der Waals surface area contributed by atoms with Crippen LogP contribution >= 0.6 is 11.8 Å². The molecule has 0 saturated carbocycles. The van der Waals surface area contributed by atoms with Gasteiger partial charge in [-0.1, -0.05) is 13.8 Å². The van der Waals surface area contributed by atoms with E-state index in [2.05, 4.69) is 30.9 Å². The highest BCUT2D eigenvalue weighted by atomic mass is 32.2.